The fourth-order valence-electron chi connectivity index (χ4n) is 1.67. The Balaban J connectivity index is 1.97. The molecular formula is C13H10N4O. The van der Waals surface area contributed by atoms with Crippen molar-refractivity contribution in [1.82, 2.24) is 15.0 Å². The highest BCUT2D eigenvalue weighted by Gasteiger charge is 2.00. The summed E-state index contributed by atoms with van der Waals surface area (Å²) in [5, 5.41) is 3.94. The second kappa shape index (κ2) is 4.29. The number of hydrogen-bond acceptors (Lipinski definition) is 4. The standard InChI is InChI=1S/C13H10N4O/c18-10-5-6-14-12(7-10)17-13-15-8-9-3-1-2-4-11(9)16-13/h1-8H,(H2,14,15,16,17,18). The van der Waals surface area contributed by atoms with Gasteiger partial charge in [0.25, 0.3) is 0 Å². The topological polar surface area (TPSA) is 70.7 Å². The summed E-state index contributed by atoms with van der Waals surface area (Å²) in [4.78, 5) is 22.7. The van der Waals surface area contributed by atoms with Crippen LogP contribution in [0.2, 0.25) is 0 Å². The van der Waals surface area contributed by atoms with E-state index in [1.807, 2.05) is 24.3 Å². The summed E-state index contributed by atoms with van der Waals surface area (Å²) in [6.07, 6.45) is 3.32. The Labute approximate surface area is 103 Å². The zero-order chi connectivity index (χ0) is 12.4. The van der Waals surface area contributed by atoms with E-state index in [9.17, 15) is 4.79 Å². The first-order valence-electron chi connectivity index (χ1n) is 5.49. The maximum Gasteiger partial charge on any atom is 0.228 e. The van der Waals surface area contributed by atoms with Crippen molar-refractivity contribution >= 4 is 22.7 Å². The van der Waals surface area contributed by atoms with Crippen molar-refractivity contribution in [3.05, 3.63) is 59.0 Å². The van der Waals surface area contributed by atoms with E-state index < -0.39 is 0 Å². The van der Waals surface area contributed by atoms with E-state index in [1.165, 1.54) is 12.1 Å². The molecule has 5 nitrogen and oxygen atoms in total. The van der Waals surface area contributed by atoms with Gasteiger partial charge in [-0.05, 0) is 6.07 Å². The number of H-pyrrole nitrogens is 1. The molecular weight excluding hydrogens is 228 g/mol. The SMILES string of the molecule is O=c1cc[nH]c(Nc2ncc3ccccc3n2)c1. The van der Waals surface area contributed by atoms with Gasteiger partial charge >= 0.3 is 0 Å². The van der Waals surface area contributed by atoms with Crippen molar-refractivity contribution in [3.8, 4) is 0 Å². The normalized spacial score (nSPS) is 10.4. The predicted octanol–water partition coefficient (Wildman–Crippen LogP) is 2.06. The molecule has 2 heterocycles. The van der Waals surface area contributed by atoms with Gasteiger partial charge in [-0.25, -0.2) is 9.97 Å². The van der Waals surface area contributed by atoms with Gasteiger partial charge in [-0.2, -0.15) is 0 Å². The van der Waals surface area contributed by atoms with Gasteiger partial charge in [0.05, 0.1) is 5.52 Å². The summed E-state index contributed by atoms with van der Waals surface area (Å²) in [7, 11) is 0. The van der Waals surface area contributed by atoms with E-state index in [-0.39, 0.29) is 5.43 Å². The number of nitrogens with zero attached hydrogens (tertiary/aromatic N) is 2. The summed E-state index contributed by atoms with van der Waals surface area (Å²) in [5.41, 5.74) is 0.783. The molecule has 5 heteroatoms. The molecule has 0 radical (unpaired) electrons. The lowest BCUT2D eigenvalue weighted by atomic mass is 10.2. The molecule has 0 fully saturated rings. The van der Waals surface area contributed by atoms with Crippen molar-refractivity contribution < 1.29 is 0 Å². The molecule has 88 valence electrons. The largest absolute Gasteiger partial charge is 0.348 e. The minimum atomic E-state index is -0.0722. The molecule has 0 amide bonds. The predicted molar refractivity (Wildman–Crippen MR) is 69.9 cm³/mol. The van der Waals surface area contributed by atoms with Gasteiger partial charge in [0.1, 0.15) is 5.82 Å². The quantitative estimate of drug-likeness (QED) is 0.717. The molecule has 0 atom stereocenters. The van der Waals surface area contributed by atoms with Gasteiger partial charge in [0, 0.05) is 29.9 Å². The molecule has 2 N–H and O–H groups in total. The van der Waals surface area contributed by atoms with Crippen LogP contribution in [0.15, 0.2) is 53.6 Å². The molecule has 1 aromatic carbocycles. The number of aromatic nitrogens is 3. The Kier molecular flexibility index (Phi) is 2.49. The van der Waals surface area contributed by atoms with Crippen LogP contribution in [0, 0.1) is 0 Å². The molecule has 0 unspecified atom stereocenters. The van der Waals surface area contributed by atoms with Crippen molar-refractivity contribution in [1.29, 1.82) is 0 Å². The third-order valence-corrected chi connectivity index (χ3v) is 2.51. The number of rotatable bonds is 2. The zero-order valence-corrected chi connectivity index (χ0v) is 9.42. The van der Waals surface area contributed by atoms with Crippen LogP contribution in [0.25, 0.3) is 10.9 Å². The van der Waals surface area contributed by atoms with E-state index in [4.69, 9.17) is 0 Å². The average molecular weight is 238 g/mol. The molecule has 0 spiro atoms. The number of fused-ring (bicyclic) bond motifs is 1. The molecule has 2 aromatic heterocycles. The number of nitrogens with one attached hydrogen (secondary N) is 2. The summed E-state index contributed by atoms with van der Waals surface area (Å²) in [6.45, 7) is 0. The maximum atomic E-state index is 11.2. The van der Waals surface area contributed by atoms with E-state index >= 15 is 0 Å². The molecule has 0 aliphatic carbocycles. The number of aromatic amines is 1. The Morgan fingerprint density at radius 2 is 2.06 bits per heavy atom. The van der Waals surface area contributed by atoms with Crippen LogP contribution in [-0.4, -0.2) is 15.0 Å². The van der Waals surface area contributed by atoms with Gasteiger partial charge in [0.2, 0.25) is 5.95 Å². The molecule has 3 aromatic rings. The Morgan fingerprint density at radius 1 is 1.17 bits per heavy atom. The minimum absolute atomic E-state index is 0.0722. The number of pyridine rings is 1. The second-order valence-electron chi connectivity index (χ2n) is 3.82. The molecule has 0 saturated heterocycles. The fraction of sp³-hybridized carbons (Fsp3) is 0. The molecule has 0 aliphatic rings. The van der Waals surface area contributed by atoms with Crippen LogP contribution in [0.5, 0.6) is 0 Å². The van der Waals surface area contributed by atoms with Crippen LogP contribution < -0.4 is 10.7 Å². The van der Waals surface area contributed by atoms with E-state index in [0.717, 1.165) is 10.9 Å². The van der Waals surface area contributed by atoms with Crippen LogP contribution in [0.3, 0.4) is 0 Å². The summed E-state index contributed by atoms with van der Waals surface area (Å²) < 4.78 is 0. The summed E-state index contributed by atoms with van der Waals surface area (Å²) in [6, 6.07) is 10.6. The molecule has 0 bridgehead atoms. The Morgan fingerprint density at radius 3 is 2.94 bits per heavy atom. The average Bonchev–Trinajstić information content (AvgIpc) is 2.39. The van der Waals surface area contributed by atoms with Gasteiger partial charge in [-0.3, -0.25) is 4.79 Å². The van der Waals surface area contributed by atoms with Gasteiger partial charge in [-0.1, -0.05) is 18.2 Å². The van der Waals surface area contributed by atoms with Crippen molar-refractivity contribution in [3.63, 3.8) is 0 Å². The maximum absolute atomic E-state index is 11.2. The second-order valence-corrected chi connectivity index (χ2v) is 3.82. The van der Waals surface area contributed by atoms with Crippen molar-refractivity contribution in [2.45, 2.75) is 0 Å². The van der Waals surface area contributed by atoms with Gasteiger partial charge in [-0.15, -0.1) is 0 Å². The van der Waals surface area contributed by atoms with Crippen LogP contribution in [-0.2, 0) is 0 Å². The molecule has 0 aliphatic heterocycles. The fourth-order valence-corrected chi connectivity index (χ4v) is 1.67. The smallest absolute Gasteiger partial charge is 0.228 e. The third-order valence-electron chi connectivity index (χ3n) is 2.51. The van der Waals surface area contributed by atoms with Gasteiger partial charge < -0.3 is 10.3 Å². The van der Waals surface area contributed by atoms with Crippen LogP contribution in [0.1, 0.15) is 0 Å². The van der Waals surface area contributed by atoms with Crippen molar-refractivity contribution in [2.24, 2.45) is 0 Å². The summed E-state index contributed by atoms with van der Waals surface area (Å²) >= 11 is 0. The monoisotopic (exact) mass is 238 g/mol. The van der Waals surface area contributed by atoms with Crippen molar-refractivity contribution in [2.75, 3.05) is 5.32 Å². The lowest BCUT2D eigenvalue weighted by Gasteiger charge is -2.04. The molecule has 0 saturated carbocycles. The highest BCUT2D eigenvalue weighted by atomic mass is 16.1. The first kappa shape index (κ1) is 10.5. The lowest BCUT2D eigenvalue weighted by molar-refractivity contribution is 1.18. The highest BCUT2D eigenvalue weighted by molar-refractivity contribution is 5.78. The van der Waals surface area contributed by atoms with E-state index in [2.05, 4.69) is 20.3 Å². The first-order chi connectivity index (χ1) is 8.81. The Hall–Kier alpha value is -2.69. The highest BCUT2D eigenvalue weighted by Crippen LogP contribution is 2.13. The van der Waals surface area contributed by atoms with Gasteiger partial charge in [0.15, 0.2) is 5.43 Å². The number of hydrogen-bond donors (Lipinski definition) is 2. The van der Waals surface area contributed by atoms with E-state index in [1.54, 1.807) is 12.4 Å². The minimum Gasteiger partial charge on any atom is -0.348 e. The summed E-state index contributed by atoms with van der Waals surface area (Å²) in [5.74, 6) is 1.02. The number of anilines is 2. The number of benzene rings is 1. The Bertz CT molecular complexity index is 751. The van der Waals surface area contributed by atoms with E-state index in [0.29, 0.717) is 11.8 Å². The molecule has 18 heavy (non-hydrogen) atoms. The van der Waals surface area contributed by atoms with Crippen LogP contribution in [0.4, 0.5) is 11.8 Å². The zero-order valence-electron chi connectivity index (χ0n) is 9.42. The number of para-hydroxylation sites is 1. The molecule has 3 rings (SSSR count). The first-order valence-corrected chi connectivity index (χ1v) is 5.49. The van der Waals surface area contributed by atoms with Crippen LogP contribution >= 0.6 is 0 Å². The lowest BCUT2D eigenvalue weighted by Crippen LogP contribution is -2.03. The third kappa shape index (κ3) is 2.06.